The van der Waals surface area contributed by atoms with E-state index in [1.165, 1.54) is 12.1 Å². The summed E-state index contributed by atoms with van der Waals surface area (Å²) in [6.07, 6.45) is 0. The first-order valence-corrected chi connectivity index (χ1v) is 7.98. The van der Waals surface area contributed by atoms with Crippen LogP contribution in [0.2, 0.25) is 0 Å². The predicted molar refractivity (Wildman–Crippen MR) is 94.3 cm³/mol. The van der Waals surface area contributed by atoms with Crippen LogP contribution in [0.15, 0.2) is 48.5 Å². The zero-order valence-corrected chi connectivity index (χ0v) is 14.7. The Morgan fingerprint density at radius 2 is 1.88 bits per heavy atom. The molecule has 0 unspecified atom stereocenters. The van der Waals surface area contributed by atoms with Gasteiger partial charge in [0.15, 0.2) is 11.5 Å². The van der Waals surface area contributed by atoms with Gasteiger partial charge in [-0.25, -0.2) is 4.39 Å². The average Bonchev–Trinajstić information content (AvgIpc) is 2.59. The van der Waals surface area contributed by atoms with Gasteiger partial charge in [-0.15, -0.1) is 0 Å². The molecule has 25 heavy (non-hydrogen) atoms. The Labute approximate surface area is 147 Å². The molecule has 2 rings (SSSR count). The number of methoxy groups -OCH3 is 1. The third-order valence-electron chi connectivity index (χ3n) is 3.66. The summed E-state index contributed by atoms with van der Waals surface area (Å²) in [6.45, 7) is 0.631. The molecule has 0 aliphatic carbocycles. The third kappa shape index (κ3) is 5.19. The molecule has 1 atom stereocenters. The Morgan fingerprint density at radius 1 is 1.16 bits per heavy atom. The molecule has 2 aromatic rings. The molecule has 0 heterocycles. The minimum atomic E-state index is -0.568. The second kappa shape index (κ2) is 9.03. The third-order valence-corrected chi connectivity index (χ3v) is 3.66. The van der Waals surface area contributed by atoms with Gasteiger partial charge in [-0.2, -0.15) is 0 Å². The summed E-state index contributed by atoms with van der Waals surface area (Å²) < 4.78 is 24.3. The van der Waals surface area contributed by atoms with E-state index in [-0.39, 0.29) is 11.7 Å². The number of amides is 1. The fourth-order valence-electron chi connectivity index (χ4n) is 2.53. The number of carbonyl (C=O) groups is 1. The van der Waals surface area contributed by atoms with Crippen molar-refractivity contribution < 1.29 is 18.7 Å². The SMILES string of the molecule is COc1ccccc1OCCNC(=O)[C@H](c1cccc(F)c1)N(C)C. The van der Waals surface area contributed by atoms with E-state index in [2.05, 4.69) is 5.32 Å². The molecule has 1 N–H and O–H groups in total. The van der Waals surface area contributed by atoms with E-state index in [1.807, 2.05) is 12.1 Å². The summed E-state index contributed by atoms with van der Waals surface area (Å²) >= 11 is 0. The molecule has 0 saturated carbocycles. The van der Waals surface area contributed by atoms with E-state index in [4.69, 9.17) is 9.47 Å². The van der Waals surface area contributed by atoms with Gasteiger partial charge < -0.3 is 14.8 Å². The summed E-state index contributed by atoms with van der Waals surface area (Å²) in [7, 11) is 5.13. The van der Waals surface area contributed by atoms with Crippen molar-refractivity contribution >= 4 is 5.91 Å². The van der Waals surface area contributed by atoms with E-state index in [1.54, 1.807) is 50.4 Å². The first-order chi connectivity index (χ1) is 12.0. The fraction of sp³-hybridized carbons (Fsp3) is 0.316. The van der Waals surface area contributed by atoms with Gasteiger partial charge >= 0.3 is 0 Å². The van der Waals surface area contributed by atoms with E-state index < -0.39 is 6.04 Å². The number of para-hydroxylation sites is 2. The maximum atomic E-state index is 13.4. The van der Waals surface area contributed by atoms with Gasteiger partial charge in [-0.3, -0.25) is 9.69 Å². The van der Waals surface area contributed by atoms with Crippen molar-refractivity contribution in [1.82, 2.24) is 10.2 Å². The van der Waals surface area contributed by atoms with E-state index >= 15 is 0 Å². The van der Waals surface area contributed by atoms with Crippen LogP contribution in [0.25, 0.3) is 0 Å². The Bertz CT molecular complexity index is 707. The molecular formula is C19H23FN2O3. The van der Waals surface area contributed by atoms with Gasteiger partial charge in [0.2, 0.25) is 5.91 Å². The van der Waals surface area contributed by atoms with Crippen LogP contribution in [0.4, 0.5) is 4.39 Å². The van der Waals surface area contributed by atoms with Gasteiger partial charge in [-0.05, 0) is 43.9 Å². The highest BCUT2D eigenvalue weighted by Crippen LogP contribution is 2.25. The molecule has 6 heteroatoms. The number of benzene rings is 2. The molecule has 2 aromatic carbocycles. The average molecular weight is 346 g/mol. The zero-order chi connectivity index (χ0) is 18.2. The van der Waals surface area contributed by atoms with E-state index in [0.717, 1.165) is 0 Å². The Morgan fingerprint density at radius 3 is 2.52 bits per heavy atom. The van der Waals surface area contributed by atoms with Gasteiger partial charge in [0.1, 0.15) is 18.5 Å². The highest BCUT2D eigenvalue weighted by molar-refractivity contribution is 5.83. The van der Waals surface area contributed by atoms with Crippen LogP contribution >= 0.6 is 0 Å². The van der Waals surface area contributed by atoms with Crippen LogP contribution in [0.1, 0.15) is 11.6 Å². The number of hydrogen-bond acceptors (Lipinski definition) is 4. The van der Waals surface area contributed by atoms with Crippen molar-refractivity contribution in [2.45, 2.75) is 6.04 Å². The highest BCUT2D eigenvalue weighted by atomic mass is 19.1. The fourth-order valence-corrected chi connectivity index (χ4v) is 2.53. The van der Waals surface area contributed by atoms with Crippen molar-refractivity contribution in [2.75, 3.05) is 34.4 Å². The predicted octanol–water partition coefficient (Wildman–Crippen LogP) is 2.63. The molecule has 1 amide bonds. The van der Waals surface area contributed by atoms with Gasteiger partial charge in [0.05, 0.1) is 13.7 Å². The molecule has 0 aliphatic rings. The number of nitrogens with zero attached hydrogens (tertiary/aromatic N) is 1. The van der Waals surface area contributed by atoms with Crippen molar-refractivity contribution in [3.63, 3.8) is 0 Å². The second-order valence-electron chi connectivity index (χ2n) is 5.71. The minimum Gasteiger partial charge on any atom is -0.493 e. The maximum absolute atomic E-state index is 13.4. The number of hydrogen-bond donors (Lipinski definition) is 1. The molecule has 0 saturated heterocycles. The van der Waals surface area contributed by atoms with Crippen LogP contribution in [-0.2, 0) is 4.79 Å². The number of ether oxygens (including phenoxy) is 2. The minimum absolute atomic E-state index is 0.209. The van der Waals surface area contributed by atoms with E-state index in [0.29, 0.717) is 30.2 Å². The topological polar surface area (TPSA) is 50.8 Å². The quantitative estimate of drug-likeness (QED) is 0.747. The van der Waals surface area contributed by atoms with Gasteiger partial charge in [-0.1, -0.05) is 24.3 Å². The molecule has 5 nitrogen and oxygen atoms in total. The number of carbonyl (C=O) groups excluding carboxylic acids is 1. The lowest BCUT2D eigenvalue weighted by atomic mass is 10.1. The summed E-state index contributed by atoms with van der Waals surface area (Å²) in [5.74, 6) is 0.684. The lowest BCUT2D eigenvalue weighted by Crippen LogP contribution is -2.38. The van der Waals surface area contributed by atoms with Crippen molar-refractivity contribution in [2.24, 2.45) is 0 Å². The van der Waals surface area contributed by atoms with Crippen LogP contribution in [0.5, 0.6) is 11.5 Å². The van der Waals surface area contributed by atoms with Crippen molar-refractivity contribution in [3.8, 4) is 11.5 Å². The van der Waals surface area contributed by atoms with Crippen LogP contribution in [0.3, 0.4) is 0 Å². The van der Waals surface area contributed by atoms with Crippen LogP contribution in [-0.4, -0.2) is 45.2 Å². The first-order valence-electron chi connectivity index (χ1n) is 7.98. The Kier molecular flexibility index (Phi) is 6.77. The number of likely N-dealkylation sites (N-methyl/N-ethyl adjacent to an activating group) is 1. The summed E-state index contributed by atoms with van der Waals surface area (Å²) in [5, 5.41) is 2.82. The number of rotatable bonds is 8. The first kappa shape index (κ1) is 18.7. The molecule has 134 valence electrons. The van der Waals surface area contributed by atoms with Crippen molar-refractivity contribution in [1.29, 1.82) is 0 Å². The van der Waals surface area contributed by atoms with E-state index in [9.17, 15) is 9.18 Å². The molecular weight excluding hydrogens is 323 g/mol. The molecule has 0 aromatic heterocycles. The molecule has 0 spiro atoms. The largest absolute Gasteiger partial charge is 0.493 e. The van der Waals surface area contributed by atoms with Crippen LogP contribution < -0.4 is 14.8 Å². The number of nitrogens with one attached hydrogen (secondary N) is 1. The molecule has 0 bridgehead atoms. The normalized spacial score (nSPS) is 11.9. The van der Waals surface area contributed by atoms with Gasteiger partial charge in [0, 0.05) is 0 Å². The Balaban J connectivity index is 1.91. The Hall–Kier alpha value is -2.60. The smallest absolute Gasteiger partial charge is 0.242 e. The maximum Gasteiger partial charge on any atom is 0.242 e. The lowest BCUT2D eigenvalue weighted by Gasteiger charge is -2.24. The van der Waals surface area contributed by atoms with Gasteiger partial charge in [0.25, 0.3) is 0 Å². The second-order valence-corrected chi connectivity index (χ2v) is 5.71. The lowest BCUT2D eigenvalue weighted by molar-refractivity contribution is -0.125. The molecule has 0 fully saturated rings. The number of halogens is 1. The van der Waals surface area contributed by atoms with Crippen LogP contribution in [0, 0.1) is 5.82 Å². The summed E-state index contributed by atoms with van der Waals surface area (Å²) in [5.41, 5.74) is 0.605. The zero-order valence-electron chi connectivity index (χ0n) is 14.7. The molecule has 0 aliphatic heterocycles. The highest BCUT2D eigenvalue weighted by Gasteiger charge is 2.22. The standard InChI is InChI=1S/C19H23FN2O3/c1-22(2)18(14-7-6-8-15(20)13-14)19(23)21-11-12-25-17-10-5-4-9-16(17)24-3/h4-10,13,18H,11-12H2,1-3H3,(H,21,23)/t18-/m0/s1. The monoisotopic (exact) mass is 346 g/mol. The summed E-state index contributed by atoms with van der Waals surface area (Å²) in [4.78, 5) is 14.2. The molecule has 0 radical (unpaired) electrons. The summed E-state index contributed by atoms with van der Waals surface area (Å²) in [6, 6.07) is 12.8. The van der Waals surface area contributed by atoms with Crippen molar-refractivity contribution in [3.05, 3.63) is 59.9 Å².